The first-order valence-electron chi connectivity index (χ1n) is 3.65. The first-order valence-corrected chi connectivity index (χ1v) is 4.03. The van der Waals surface area contributed by atoms with E-state index in [9.17, 15) is 0 Å². The minimum atomic E-state index is 0.501. The molecule has 3 nitrogen and oxygen atoms in total. The van der Waals surface area contributed by atoms with Crippen LogP contribution in [0.25, 0.3) is 5.52 Å². The van der Waals surface area contributed by atoms with E-state index in [4.69, 9.17) is 11.6 Å². The summed E-state index contributed by atoms with van der Waals surface area (Å²) in [6, 6.07) is 0. The summed E-state index contributed by atoms with van der Waals surface area (Å²) in [7, 11) is 1.94. The van der Waals surface area contributed by atoms with Gasteiger partial charge < -0.3 is 4.40 Å². The molecule has 0 fully saturated rings. The zero-order valence-electron chi connectivity index (χ0n) is 6.87. The average Bonchev–Trinajstić information content (AvgIpc) is 2.42. The molecule has 5 heteroatoms. The number of fused-ring (bicyclic) bond motifs is 1. The SMILES string of the molecule is Bc1ncc2c(Cl)ncc(C)n12. The monoisotopic (exact) mass is 179 g/mol. The van der Waals surface area contributed by atoms with Gasteiger partial charge in [-0.3, -0.25) is 4.98 Å². The maximum Gasteiger partial charge on any atom is 0.186 e. The van der Waals surface area contributed by atoms with Gasteiger partial charge in [0.15, 0.2) is 13.0 Å². The summed E-state index contributed by atoms with van der Waals surface area (Å²) in [5, 5.41) is 0.501. The fraction of sp³-hybridized carbons (Fsp3) is 0.143. The molecule has 0 atom stereocenters. The quantitative estimate of drug-likeness (QED) is 0.531. The van der Waals surface area contributed by atoms with Crippen molar-refractivity contribution in [2.45, 2.75) is 6.92 Å². The highest BCUT2D eigenvalue weighted by Crippen LogP contribution is 2.13. The molecule has 2 heterocycles. The van der Waals surface area contributed by atoms with Crippen molar-refractivity contribution in [2.24, 2.45) is 0 Å². The number of rotatable bonds is 0. The zero-order valence-corrected chi connectivity index (χ0v) is 7.63. The number of aryl methyl sites for hydroxylation is 1. The summed E-state index contributed by atoms with van der Waals surface area (Å²) < 4.78 is 1.98. The van der Waals surface area contributed by atoms with Crippen LogP contribution < -0.4 is 5.72 Å². The molecule has 0 bridgehead atoms. The second-order valence-corrected chi connectivity index (χ2v) is 3.07. The van der Waals surface area contributed by atoms with Gasteiger partial charge in [0.25, 0.3) is 0 Å². The van der Waals surface area contributed by atoms with E-state index in [1.54, 1.807) is 12.4 Å². The highest BCUT2D eigenvalue weighted by Gasteiger charge is 2.05. The molecule has 2 aromatic heterocycles. The Labute approximate surface area is 75.8 Å². The van der Waals surface area contributed by atoms with Crippen LogP contribution in [0, 0.1) is 6.92 Å². The van der Waals surface area contributed by atoms with Crippen LogP contribution in [-0.4, -0.2) is 22.2 Å². The fourth-order valence-corrected chi connectivity index (χ4v) is 1.49. The molecule has 0 radical (unpaired) electrons. The molecule has 12 heavy (non-hydrogen) atoms. The minimum absolute atomic E-state index is 0.501. The molecule has 0 aliphatic heterocycles. The summed E-state index contributed by atoms with van der Waals surface area (Å²) in [4.78, 5) is 8.18. The summed E-state index contributed by atoms with van der Waals surface area (Å²) in [5.41, 5.74) is 2.85. The van der Waals surface area contributed by atoms with Gasteiger partial charge in [0.2, 0.25) is 0 Å². The smallest absolute Gasteiger partial charge is 0.186 e. The van der Waals surface area contributed by atoms with E-state index >= 15 is 0 Å². The van der Waals surface area contributed by atoms with Gasteiger partial charge in [0.1, 0.15) is 5.52 Å². The molecule has 0 saturated carbocycles. The summed E-state index contributed by atoms with van der Waals surface area (Å²) >= 11 is 5.87. The molecular weight excluding hydrogens is 172 g/mol. The molecule has 0 saturated heterocycles. The third-order valence-electron chi connectivity index (χ3n) is 1.87. The Hall–Kier alpha value is -1.03. The van der Waals surface area contributed by atoms with E-state index in [0.29, 0.717) is 5.15 Å². The average molecular weight is 179 g/mol. The van der Waals surface area contributed by atoms with E-state index in [-0.39, 0.29) is 0 Å². The number of aromatic nitrogens is 3. The van der Waals surface area contributed by atoms with Crippen molar-refractivity contribution in [2.75, 3.05) is 0 Å². The van der Waals surface area contributed by atoms with Crippen molar-refractivity contribution in [3.05, 3.63) is 23.2 Å². The maximum atomic E-state index is 5.87. The first kappa shape index (κ1) is 7.62. The van der Waals surface area contributed by atoms with Crippen LogP contribution in [-0.2, 0) is 0 Å². The van der Waals surface area contributed by atoms with Crippen molar-refractivity contribution in [1.82, 2.24) is 14.4 Å². The van der Waals surface area contributed by atoms with Crippen molar-refractivity contribution in [3.8, 4) is 0 Å². The molecule has 2 aromatic rings. The molecule has 0 spiro atoms. The molecule has 0 amide bonds. The largest absolute Gasteiger partial charge is 0.306 e. The second-order valence-electron chi connectivity index (χ2n) is 2.72. The lowest BCUT2D eigenvalue weighted by Crippen LogP contribution is -2.14. The van der Waals surface area contributed by atoms with Crippen molar-refractivity contribution < 1.29 is 0 Å². The zero-order chi connectivity index (χ0) is 8.72. The number of imidazole rings is 1. The molecule has 60 valence electrons. The third-order valence-corrected chi connectivity index (χ3v) is 2.16. The molecule has 2 rings (SSSR count). The maximum absolute atomic E-state index is 5.87. The minimum Gasteiger partial charge on any atom is -0.306 e. The van der Waals surface area contributed by atoms with Crippen LogP contribution in [0.3, 0.4) is 0 Å². The Balaban J connectivity index is 2.98. The van der Waals surface area contributed by atoms with Crippen LogP contribution in [0.15, 0.2) is 12.4 Å². The molecular formula is C7H7BClN3. The van der Waals surface area contributed by atoms with Gasteiger partial charge in [-0.15, -0.1) is 0 Å². The van der Waals surface area contributed by atoms with Gasteiger partial charge in [-0.2, -0.15) is 0 Å². The molecule has 0 aromatic carbocycles. The Bertz CT molecular complexity index is 437. The molecule has 0 N–H and O–H groups in total. The van der Waals surface area contributed by atoms with Crippen LogP contribution in [0.5, 0.6) is 0 Å². The van der Waals surface area contributed by atoms with E-state index < -0.39 is 0 Å². The van der Waals surface area contributed by atoms with Gasteiger partial charge in [-0.25, -0.2) is 4.98 Å². The van der Waals surface area contributed by atoms with Crippen molar-refractivity contribution in [3.63, 3.8) is 0 Å². The summed E-state index contributed by atoms with van der Waals surface area (Å²) in [5.74, 6) is 0. The van der Waals surface area contributed by atoms with Crippen LogP contribution in [0.1, 0.15) is 5.69 Å². The summed E-state index contributed by atoms with van der Waals surface area (Å²) in [6.07, 6.45) is 3.47. The van der Waals surface area contributed by atoms with Crippen LogP contribution in [0.2, 0.25) is 5.15 Å². The fourth-order valence-electron chi connectivity index (χ4n) is 1.31. The highest BCUT2D eigenvalue weighted by atomic mass is 35.5. The first-order chi connectivity index (χ1) is 5.70. The number of hydrogen-bond donors (Lipinski definition) is 0. The Morgan fingerprint density at radius 2 is 2.17 bits per heavy atom. The molecule has 0 aliphatic carbocycles. The standard InChI is InChI=1S/C7H7BClN3/c1-4-2-10-6(9)5-3-11-7(8)12(4)5/h2-3H,8H2,1H3. The second kappa shape index (κ2) is 2.49. The van der Waals surface area contributed by atoms with E-state index in [1.807, 2.05) is 19.2 Å². The van der Waals surface area contributed by atoms with Gasteiger partial charge in [-0.1, -0.05) is 11.6 Å². The topological polar surface area (TPSA) is 30.2 Å². The van der Waals surface area contributed by atoms with Gasteiger partial charge in [0.05, 0.1) is 11.9 Å². The Morgan fingerprint density at radius 1 is 1.42 bits per heavy atom. The highest BCUT2D eigenvalue weighted by molar-refractivity contribution is 6.33. The summed E-state index contributed by atoms with van der Waals surface area (Å²) in [6.45, 7) is 1.98. The third kappa shape index (κ3) is 0.915. The van der Waals surface area contributed by atoms with Crippen LogP contribution >= 0.6 is 11.6 Å². The Morgan fingerprint density at radius 3 is 2.83 bits per heavy atom. The predicted octanol–water partition coefficient (Wildman–Crippen LogP) is -0.0505. The van der Waals surface area contributed by atoms with Crippen LogP contribution in [0.4, 0.5) is 0 Å². The molecule has 0 aliphatic rings. The number of halogens is 1. The van der Waals surface area contributed by atoms with Crippen molar-refractivity contribution in [1.29, 1.82) is 0 Å². The van der Waals surface area contributed by atoms with E-state index in [2.05, 4.69) is 9.97 Å². The predicted molar refractivity (Wildman–Crippen MR) is 50.9 cm³/mol. The lowest BCUT2D eigenvalue weighted by atomic mass is 10.1. The number of nitrogens with zero attached hydrogens (tertiary/aromatic N) is 3. The molecule has 0 unspecified atom stereocenters. The van der Waals surface area contributed by atoms with E-state index in [1.165, 1.54) is 0 Å². The van der Waals surface area contributed by atoms with Gasteiger partial charge >= 0.3 is 0 Å². The number of hydrogen-bond acceptors (Lipinski definition) is 2. The van der Waals surface area contributed by atoms with Gasteiger partial charge in [0, 0.05) is 11.9 Å². The lowest BCUT2D eigenvalue weighted by Gasteiger charge is -2.01. The van der Waals surface area contributed by atoms with E-state index in [0.717, 1.165) is 16.9 Å². The normalized spacial score (nSPS) is 10.8. The Kier molecular flexibility index (Phi) is 1.58. The van der Waals surface area contributed by atoms with Gasteiger partial charge in [-0.05, 0) is 6.92 Å². The lowest BCUT2D eigenvalue weighted by molar-refractivity contribution is 1.07. The van der Waals surface area contributed by atoms with Crippen molar-refractivity contribution >= 4 is 30.7 Å².